The van der Waals surface area contributed by atoms with Crippen LogP contribution in [0.25, 0.3) is 0 Å². The molecule has 4 atom stereocenters. The van der Waals surface area contributed by atoms with Gasteiger partial charge in [-0.2, -0.15) is 0 Å². The molecule has 1 aromatic rings. The van der Waals surface area contributed by atoms with Crippen molar-refractivity contribution >= 4 is 17.7 Å². The summed E-state index contributed by atoms with van der Waals surface area (Å²) < 4.78 is 18.5. The van der Waals surface area contributed by atoms with Gasteiger partial charge < -0.3 is 9.64 Å². The van der Waals surface area contributed by atoms with E-state index in [1.807, 2.05) is 0 Å². The first kappa shape index (κ1) is 21.9. The first-order valence-corrected chi connectivity index (χ1v) is 11.2. The largest absolute Gasteiger partial charge is 0.468 e. The molecule has 1 aromatic carbocycles. The van der Waals surface area contributed by atoms with Crippen molar-refractivity contribution in [2.45, 2.75) is 64.1 Å². The van der Waals surface area contributed by atoms with Crippen LogP contribution < -0.4 is 0 Å². The molecule has 6 nitrogen and oxygen atoms in total. The number of halogens is 1. The van der Waals surface area contributed by atoms with Crippen molar-refractivity contribution in [3.05, 3.63) is 35.6 Å². The van der Waals surface area contributed by atoms with E-state index in [4.69, 9.17) is 4.74 Å². The number of piperidine rings is 2. The minimum atomic E-state index is -1.47. The number of likely N-dealkylation sites (tertiary alicyclic amines) is 1. The molecule has 0 radical (unpaired) electrons. The van der Waals surface area contributed by atoms with Crippen LogP contribution in [-0.4, -0.2) is 59.7 Å². The molecule has 3 heterocycles. The maximum Gasteiger partial charge on any atom is 0.321 e. The predicted octanol–water partition coefficient (Wildman–Crippen LogP) is 2.94. The maximum absolute atomic E-state index is 13.4. The summed E-state index contributed by atoms with van der Waals surface area (Å²) in [6.07, 6.45) is 3.58. The Morgan fingerprint density at radius 1 is 1.19 bits per heavy atom. The molecule has 3 saturated heterocycles. The Hall–Kier alpha value is -2.28. The minimum absolute atomic E-state index is 0.0328. The third-order valence-corrected chi connectivity index (χ3v) is 7.40. The van der Waals surface area contributed by atoms with E-state index in [2.05, 4.69) is 11.8 Å². The van der Waals surface area contributed by atoms with Crippen LogP contribution in [-0.2, 0) is 25.7 Å². The van der Waals surface area contributed by atoms with Crippen LogP contribution in [0.1, 0.15) is 51.0 Å². The van der Waals surface area contributed by atoms with Gasteiger partial charge in [-0.25, -0.2) is 4.39 Å². The average Bonchev–Trinajstić information content (AvgIpc) is 3.07. The molecule has 3 aliphatic rings. The van der Waals surface area contributed by atoms with E-state index in [1.165, 1.54) is 19.2 Å². The van der Waals surface area contributed by atoms with Gasteiger partial charge in [-0.1, -0.05) is 19.1 Å². The van der Waals surface area contributed by atoms with Crippen molar-refractivity contribution < 1.29 is 23.5 Å². The molecule has 7 heteroatoms. The number of benzene rings is 1. The van der Waals surface area contributed by atoms with Crippen LogP contribution >= 0.6 is 0 Å². The summed E-state index contributed by atoms with van der Waals surface area (Å²) in [5.41, 5.74) is -0.554. The van der Waals surface area contributed by atoms with Gasteiger partial charge in [0.15, 0.2) is 11.2 Å². The lowest BCUT2D eigenvalue weighted by Crippen LogP contribution is -2.61. The van der Waals surface area contributed by atoms with Crippen molar-refractivity contribution in [2.24, 2.45) is 11.3 Å². The monoisotopic (exact) mass is 430 g/mol. The van der Waals surface area contributed by atoms with Crippen molar-refractivity contribution in [1.82, 2.24) is 9.80 Å². The molecule has 0 aliphatic carbocycles. The Bertz CT molecular complexity index is 858. The number of ether oxygens (including phenoxy) is 1. The Balaban J connectivity index is 1.63. The van der Waals surface area contributed by atoms with E-state index >= 15 is 0 Å². The number of esters is 1. The lowest BCUT2D eigenvalue weighted by Gasteiger charge is -2.46. The van der Waals surface area contributed by atoms with Gasteiger partial charge in [-0.3, -0.25) is 19.3 Å². The van der Waals surface area contributed by atoms with Gasteiger partial charge in [-0.05, 0) is 49.3 Å². The Morgan fingerprint density at radius 2 is 1.94 bits per heavy atom. The molecule has 31 heavy (non-hydrogen) atoms. The smallest absolute Gasteiger partial charge is 0.321 e. The molecular formula is C24H31FN2O4. The fourth-order valence-electron chi connectivity index (χ4n) is 5.79. The summed E-state index contributed by atoms with van der Waals surface area (Å²) in [5, 5.41) is 0. The number of hydrogen-bond acceptors (Lipinski definition) is 5. The second kappa shape index (κ2) is 8.69. The third kappa shape index (κ3) is 4.00. The molecule has 2 bridgehead atoms. The zero-order chi connectivity index (χ0) is 22.2. The fourth-order valence-corrected chi connectivity index (χ4v) is 5.79. The standard InChI is InChI=1S/C24H31FN2O4/c1-16-4-3-11-26(14-16)22(29)13-24(23(30)31-2)20-10-9-19(12-21(24)28)27(20)15-17-5-7-18(25)8-6-17/h5-8,16,19-20H,3-4,9-15H2,1-2H3/t16-,19-,20+,24-/m1/s1. The van der Waals surface area contributed by atoms with E-state index in [1.54, 1.807) is 17.0 Å². The van der Waals surface area contributed by atoms with Gasteiger partial charge in [0.25, 0.3) is 0 Å². The third-order valence-electron chi connectivity index (χ3n) is 7.40. The van der Waals surface area contributed by atoms with E-state index in [9.17, 15) is 18.8 Å². The summed E-state index contributed by atoms with van der Waals surface area (Å²) >= 11 is 0. The first-order valence-electron chi connectivity index (χ1n) is 11.2. The Labute approximate surface area is 182 Å². The number of Topliss-reactive ketones (excluding diaryl/α,β-unsaturated/α-hetero) is 1. The molecule has 168 valence electrons. The van der Waals surface area contributed by atoms with Gasteiger partial charge in [0.2, 0.25) is 5.91 Å². The number of amides is 1. The molecule has 0 N–H and O–H groups in total. The zero-order valence-electron chi connectivity index (χ0n) is 18.3. The lowest BCUT2D eigenvalue weighted by atomic mass is 9.69. The predicted molar refractivity (Wildman–Crippen MR) is 112 cm³/mol. The van der Waals surface area contributed by atoms with Crippen LogP contribution in [0.5, 0.6) is 0 Å². The number of ketones is 1. The molecule has 0 unspecified atom stereocenters. The number of rotatable bonds is 5. The maximum atomic E-state index is 13.4. The number of carbonyl (C=O) groups excluding carboxylic acids is 3. The summed E-state index contributed by atoms with van der Waals surface area (Å²) in [6.45, 7) is 3.96. The molecule has 1 amide bonds. The van der Waals surface area contributed by atoms with Crippen molar-refractivity contribution in [1.29, 1.82) is 0 Å². The normalized spacial score (nSPS) is 31.0. The molecular weight excluding hydrogens is 399 g/mol. The fraction of sp³-hybridized carbons (Fsp3) is 0.625. The highest BCUT2D eigenvalue weighted by Gasteiger charge is 2.62. The van der Waals surface area contributed by atoms with Crippen LogP contribution in [0.4, 0.5) is 4.39 Å². The van der Waals surface area contributed by atoms with Gasteiger partial charge in [-0.15, -0.1) is 0 Å². The molecule has 0 spiro atoms. The number of fused-ring (bicyclic) bond motifs is 2. The van der Waals surface area contributed by atoms with Crippen molar-refractivity contribution in [3.63, 3.8) is 0 Å². The summed E-state index contributed by atoms with van der Waals surface area (Å²) in [7, 11) is 1.29. The number of hydrogen-bond donors (Lipinski definition) is 0. The van der Waals surface area contributed by atoms with Gasteiger partial charge in [0.05, 0.1) is 13.5 Å². The van der Waals surface area contributed by atoms with E-state index in [0.717, 1.165) is 24.8 Å². The molecule has 0 aromatic heterocycles. The molecule has 3 aliphatic heterocycles. The topological polar surface area (TPSA) is 66.9 Å². The van der Waals surface area contributed by atoms with Crippen LogP contribution in [0.3, 0.4) is 0 Å². The van der Waals surface area contributed by atoms with Gasteiger partial charge in [0, 0.05) is 38.1 Å². The number of nitrogens with zero attached hydrogens (tertiary/aromatic N) is 2. The SMILES string of the molecule is COC(=O)[C@@]1(CC(=O)N2CCC[C@@H](C)C2)C(=O)C[C@H]2CC[C@@H]1N2Cc1ccc(F)cc1. The summed E-state index contributed by atoms with van der Waals surface area (Å²) in [6, 6.07) is 5.94. The number of methoxy groups -OCH3 is 1. The van der Waals surface area contributed by atoms with E-state index in [0.29, 0.717) is 32.0 Å². The second-order valence-electron chi connectivity index (χ2n) is 9.40. The van der Waals surface area contributed by atoms with Crippen molar-refractivity contribution in [3.8, 4) is 0 Å². The quantitative estimate of drug-likeness (QED) is 0.531. The van der Waals surface area contributed by atoms with Crippen LogP contribution in [0.15, 0.2) is 24.3 Å². The van der Waals surface area contributed by atoms with Crippen LogP contribution in [0, 0.1) is 17.2 Å². The van der Waals surface area contributed by atoms with Crippen LogP contribution in [0.2, 0.25) is 0 Å². The minimum Gasteiger partial charge on any atom is -0.468 e. The highest BCUT2D eigenvalue weighted by molar-refractivity contribution is 6.08. The summed E-state index contributed by atoms with van der Waals surface area (Å²) in [4.78, 5) is 43.7. The average molecular weight is 431 g/mol. The van der Waals surface area contributed by atoms with Gasteiger partial charge in [0.1, 0.15) is 5.82 Å². The lowest BCUT2D eigenvalue weighted by molar-refractivity contribution is -0.171. The molecule has 0 saturated carbocycles. The van der Waals surface area contributed by atoms with E-state index < -0.39 is 11.4 Å². The highest BCUT2D eigenvalue weighted by atomic mass is 19.1. The molecule has 4 rings (SSSR count). The Kier molecular flexibility index (Phi) is 6.15. The Morgan fingerprint density at radius 3 is 2.61 bits per heavy atom. The van der Waals surface area contributed by atoms with E-state index in [-0.39, 0.29) is 42.4 Å². The second-order valence-corrected chi connectivity index (χ2v) is 9.40. The first-order chi connectivity index (χ1) is 14.8. The number of carbonyl (C=O) groups is 3. The highest BCUT2D eigenvalue weighted by Crippen LogP contribution is 2.48. The van der Waals surface area contributed by atoms with Gasteiger partial charge >= 0.3 is 5.97 Å². The summed E-state index contributed by atoms with van der Waals surface area (Å²) in [5.74, 6) is -0.811. The van der Waals surface area contributed by atoms with Crippen molar-refractivity contribution in [2.75, 3.05) is 20.2 Å². The zero-order valence-corrected chi connectivity index (χ0v) is 18.3. The molecule has 3 fully saturated rings.